The van der Waals surface area contributed by atoms with E-state index in [1.165, 1.54) is 16.9 Å². The lowest BCUT2D eigenvalue weighted by molar-refractivity contribution is 1.33. The zero-order chi connectivity index (χ0) is 13.7. The number of nitrogens with zero attached hydrogens (tertiary/aromatic N) is 2. The molecule has 0 aliphatic carbocycles. The molecule has 3 N–H and O–H groups in total. The number of thiazole rings is 1. The number of hydrogen-bond donors (Lipinski definition) is 2. The van der Waals surface area contributed by atoms with Crippen molar-refractivity contribution in [3.05, 3.63) is 42.0 Å². The molecule has 2 aromatic heterocycles. The zero-order valence-electron chi connectivity index (χ0n) is 10.8. The summed E-state index contributed by atoms with van der Waals surface area (Å²) in [6, 6.07) is 12.2. The summed E-state index contributed by atoms with van der Waals surface area (Å²) in [7, 11) is 0. The molecule has 0 radical (unpaired) electrons. The van der Waals surface area contributed by atoms with Gasteiger partial charge in [-0.25, -0.2) is 9.97 Å². The largest absolute Gasteiger partial charge is 0.375 e. The van der Waals surface area contributed by atoms with Gasteiger partial charge in [0.15, 0.2) is 5.13 Å². The molecule has 0 amide bonds. The SMILES string of the molecule is Cc1cccc2[nH]c(-c3ccc4nc(N)sc4c3)nc12. The lowest BCUT2D eigenvalue weighted by atomic mass is 10.2. The number of imidazole rings is 1. The van der Waals surface area contributed by atoms with Gasteiger partial charge in [-0.2, -0.15) is 0 Å². The predicted molar refractivity (Wildman–Crippen MR) is 83.9 cm³/mol. The highest BCUT2D eigenvalue weighted by molar-refractivity contribution is 7.22. The maximum atomic E-state index is 5.74. The van der Waals surface area contributed by atoms with E-state index in [1.807, 2.05) is 24.3 Å². The standard InChI is InChI=1S/C15H12N4S/c1-8-3-2-4-11-13(8)19-14(17-11)9-5-6-10-12(7-9)20-15(16)18-10/h2-7H,1H3,(H2,16,18)(H,17,19). The number of aryl methyl sites for hydroxylation is 1. The third-order valence-electron chi connectivity index (χ3n) is 3.39. The van der Waals surface area contributed by atoms with Gasteiger partial charge in [-0.15, -0.1) is 0 Å². The smallest absolute Gasteiger partial charge is 0.181 e. The summed E-state index contributed by atoms with van der Waals surface area (Å²) < 4.78 is 1.08. The Kier molecular flexibility index (Phi) is 2.31. The van der Waals surface area contributed by atoms with Crippen molar-refractivity contribution >= 4 is 37.7 Å². The minimum Gasteiger partial charge on any atom is -0.375 e. The first-order chi connectivity index (χ1) is 9.70. The van der Waals surface area contributed by atoms with E-state index in [0.717, 1.165) is 32.6 Å². The minimum absolute atomic E-state index is 0.595. The van der Waals surface area contributed by atoms with Crippen molar-refractivity contribution in [3.63, 3.8) is 0 Å². The number of anilines is 1. The summed E-state index contributed by atoms with van der Waals surface area (Å²) in [4.78, 5) is 12.3. The van der Waals surface area contributed by atoms with E-state index in [1.54, 1.807) is 0 Å². The maximum absolute atomic E-state index is 5.74. The first kappa shape index (κ1) is 11.4. The minimum atomic E-state index is 0.595. The van der Waals surface area contributed by atoms with Crippen LogP contribution in [0, 0.1) is 6.92 Å². The lowest BCUT2D eigenvalue weighted by Gasteiger charge is -1.95. The van der Waals surface area contributed by atoms with Crippen molar-refractivity contribution in [2.75, 3.05) is 5.73 Å². The van der Waals surface area contributed by atoms with E-state index in [4.69, 9.17) is 10.7 Å². The molecule has 0 saturated heterocycles. The average Bonchev–Trinajstić information content (AvgIpc) is 3.00. The van der Waals surface area contributed by atoms with Gasteiger partial charge in [0.25, 0.3) is 0 Å². The van der Waals surface area contributed by atoms with Crippen LogP contribution in [0.5, 0.6) is 0 Å². The zero-order valence-corrected chi connectivity index (χ0v) is 11.7. The highest BCUT2D eigenvalue weighted by atomic mass is 32.1. The first-order valence-corrected chi connectivity index (χ1v) is 7.14. The van der Waals surface area contributed by atoms with Crippen molar-refractivity contribution in [2.45, 2.75) is 6.92 Å². The number of nitrogens with two attached hydrogens (primary N) is 1. The summed E-state index contributed by atoms with van der Waals surface area (Å²) in [5.41, 5.74) is 11.0. The van der Waals surface area contributed by atoms with Crippen LogP contribution in [0.25, 0.3) is 32.6 Å². The number of aromatic nitrogens is 3. The van der Waals surface area contributed by atoms with E-state index in [2.05, 4.69) is 29.0 Å². The van der Waals surface area contributed by atoms with Crippen molar-refractivity contribution in [2.24, 2.45) is 0 Å². The second-order valence-electron chi connectivity index (χ2n) is 4.79. The van der Waals surface area contributed by atoms with Crippen LogP contribution in [0.2, 0.25) is 0 Å². The lowest BCUT2D eigenvalue weighted by Crippen LogP contribution is -1.80. The van der Waals surface area contributed by atoms with Gasteiger partial charge in [-0.3, -0.25) is 0 Å². The average molecular weight is 280 g/mol. The molecule has 0 spiro atoms. The van der Waals surface area contributed by atoms with E-state index in [-0.39, 0.29) is 0 Å². The molecular formula is C15H12N4S. The number of hydrogen-bond acceptors (Lipinski definition) is 4. The Morgan fingerprint density at radius 1 is 1.15 bits per heavy atom. The number of fused-ring (bicyclic) bond motifs is 2. The van der Waals surface area contributed by atoms with Gasteiger partial charge in [0.05, 0.1) is 21.3 Å². The first-order valence-electron chi connectivity index (χ1n) is 6.32. The van der Waals surface area contributed by atoms with Gasteiger partial charge >= 0.3 is 0 Å². The number of para-hydroxylation sites is 1. The normalized spacial score (nSPS) is 11.4. The van der Waals surface area contributed by atoms with Crippen LogP contribution in [-0.2, 0) is 0 Å². The Bertz CT molecular complexity index is 936. The number of H-pyrrole nitrogens is 1. The molecule has 5 heteroatoms. The number of benzene rings is 2. The van der Waals surface area contributed by atoms with Gasteiger partial charge in [-0.1, -0.05) is 23.5 Å². The fourth-order valence-electron chi connectivity index (χ4n) is 2.40. The van der Waals surface area contributed by atoms with Crippen molar-refractivity contribution < 1.29 is 0 Å². The van der Waals surface area contributed by atoms with Crippen LogP contribution in [-0.4, -0.2) is 15.0 Å². The van der Waals surface area contributed by atoms with Gasteiger partial charge in [-0.05, 0) is 36.8 Å². The molecule has 2 heterocycles. The van der Waals surface area contributed by atoms with Crippen LogP contribution in [0.4, 0.5) is 5.13 Å². The summed E-state index contributed by atoms with van der Waals surface area (Å²) in [6.07, 6.45) is 0. The van der Waals surface area contributed by atoms with Crippen LogP contribution >= 0.6 is 11.3 Å². The summed E-state index contributed by atoms with van der Waals surface area (Å²) in [5.74, 6) is 0.878. The fraction of sp³-hybridized carbons (Fsp3) is 0.0667. The molecule has 0 fully saturated rings. The van der Waals surface area contributed by atoms with Crippen molar-refractivity contribution in [1.82, 2.24) is 15.0 Å². The molecule has 4 nitrogen and oxygen atoms in total. The second kappa shape index (κ2) is 4.05. The molecule has 0 aliphatic rings. The monoisotopic (exact) mass is 280 g/mol. The van der Waals surface area contributed by atoms with Crippen LogP contribution in [0.1, 0.15) is 5.56 Å². The topological polar surface area (TPSA) is 67.6 Å². The number of nitrogen functional groups attached to an aromatic ring is 1. The van der Waals surface area contributed by atoms with Crippen molar-refractivity contribution in [3.8, 4) is 11.4 Å². The Hall–Kier alpha value is -2.40. The predicted octanol–water partition coefficient (Wildman–Crippen LogP) is 3.73. The molecule has 0 bridgehead atoms. The third kappa shape index (κ3) is 1.67. The molecule has 4 rings (SSSR count). The van der Waals surface area contributed by atoms with E-state index in [0.29, 0.717) is 5.13 Å². The van der Waals surface area contributed by atoms with Crippen LogP contribution in [0.15, 0.2) is 36.4 Å². The molecule has 0 aliphatic heterocycles. The summed E-state index contributed by atoms with van der Waals surface area (Å²) in [5, 5.41) is 0.595. The second-order valence-corrected chi connectivity index (χ2v) is 5.85. The molecule has 20 heavy (non-hydrogen) atoms. The number of rotatable bonds is 1. The summed E-state index contributed by atoms with van der Waals surface area (Å²) in [6.45, 7) is 2.07. The molecule has 98 valence electrons. The van der Waals surface area contributed by atoms with E-state index in [9.17, 15) is 0 Å². The van der Waals surface area contributed by atoms with Crippen LogP contribution in [0.3, 0.4) is 0 Å². The number of nitrogens with one attached hydrogen (secondary N) is 1. The molecule has 0 saturated carbocycles. The quantitative estimate of drug-likeness (QED) is 0.558. The molecule has 4 aromatic rings. The molecular weight excluding hydrogens is 268 g/mol. The van der Waals surface area contributed by atoms with Crippen molar-refractivity contribution in [1.29, 1.82) is 0 Å². The van der Waals surface area contributed by atoms with E-state index >= 15 is 0 Å². The van der Waals surface area contributed by atoms with Gasteiger partial charge in [0.2, 0.25) is 0 Å². The maximum Gasteiger partial charge on any atom is 0.181 e. The van der Waals surface area contributed by atoms with E-state index < -0.39 is 0 Å². The Morgan fingerprint density at radius 2 is 2.05 bits per heavy atom. The highest BCUT2D eigenvalue weighted by Crippen LogP contribution is 2.29. The third-order valence-corrected chi connectivity index (χ3v) is 4.24. The van der Waals surface area contributed by atoms with Gasteiger partial charge in [0.1, 0.15) is 5.82 Å². The summed E-state index contributed by atoms with van der Waals surface area (Å²) >= 11 is 1.50. The highest BCUT2D eigenvalue weighted by Gasteiger charge is 2.09. The van der Waals surface area contributed by atoms with Gasteiger partial charge < -0.3 is 10.7 Å². The molecule has 0 atom stereocenters. The Morgan fingerprint density at radius 3 is 2.90 bits per heavy atom. The molecule has 0 unspecified atom stereocenters. The Balaban J connectivity index is 1.93. The molecule has 2 aromatic carbocycles. The Labute approximate surface area is 119 Å². The fourth-order valence-corrected chi connectivity index (χ4v) is 3.18. The van der Waals surface area contributed by atoms with Gasteiger partial charge in [0, 0.05) is 5.56 Å². The van der Waals surface area contributed by atoms with Crippen LogP contribution < -0.4 is 5.73 Å². The number of aromatic amines is 1.